The largest absolute Gasteiger partial charge is 0.378 e. The molecule has 5 nitrogen and oxygen atoms in total. The van der Waals surface area contributed by atoms with E-state index in [1.165, 1.54) is 18.2 Å². The van der Waals surface area contributed by atoms with Gasteiger partial charge in [-0.15, -0.1) is 0 Å². The molecule has 25 heavy (non-hydrogen) atoms. The van der Waals surface area contributed by atoms with Crippen molar-refractivity contribution in [2.24, 2.45) is 0 Å². The zero-order valence-corrected chi connectivity index (χ0v) is 13.7. The Morgan fingerprint density at radius 3 is 2.72 bits per heavy atom. The van der Waals surface area contributed by atoms with Crippen LogP contribution in [0.5, 0.6) is 0 Å². The summed E-state index contributed by atoms with van der Waals surface area (Å²) in [5.74, 6) is -1.00. The summed E-state index contributed by atoms with van der Waals surface area (Å²) in [5, 5.41) is 16.9. The highest BCUT2D eigenvalue weighted by Gasteiger charge is 2.20. The van der Waals surface area contributed by atoms with Crippen LogP contribution in [0, 0.1) is 5.82 Å². The van der Waals surface area contributed by atoms with Gasteiger partial charge in [0.15, 0.2) is 11.9 Å². The molecule has 0 fully saturated rings. The van der Waals surface area contributed by atoms with Gasteiger partial charge in [-0.05, 0) is 12.1 Å². The molecule has 0 unspecified atom stereocenters. The quantitative estimate of drug-likeness (QED) is 0.730. The van der Waals surface area contributed by atoms with Gasteiger partial charge < -0.3 is 14.9 Å². The second kappa shape index (κ2) is 7.46. The van der Waals surface area contributed by atoms with Gasteiger partial charge in [-0.3, -0.25) is 4.79 Å². The summed E-state index contributed by atoms with van der Waals surface area (Å²) in [4.78, 5) is 12.0. The van der Waals surface area contributed by atoms with Crippen LogP contribution in [0.3, 0.4) is 0 Å². The van der Waals surface area contributed by atoms with Crippen LogP contribution < -0.4 is 5.32 Å². The zero-order chi connectivity index (χ0) is 17.8. The highest BCUT2D eigenvalue weighted by Crippen LogP contribution is 2.27. The average Bonchev–Trinajstić information content (AvgIpc) is 3.08. The number of benzene rings is 2. The van der Waals surface area contributed by atoms with Gasteiger partial charge in [-0.25, -0.2) is 4.39 Å². The summed E-state index contributed by atoms with van der Waals surface area (Å²) in [6.07, 6.45) is -1.60. The van der Waals surface area contributed by atoms with Gasteiger partial charge >= 0.3 is 0 Å². The normalized spacial score (nSPS) is 12.0. The van der Waals surface area contributed by atoms with Gasteiger partial charge in [0.25, 0.3) is 5.91 Å². The van der Waals surface area contributed by atoms with Crippen LogP contribution in [0.2, 0.25) is 5.02 Å². The van der Waals surface area contributed by atoms with E-state index in [2.05, 4.69) is 10.5 Å². The molecule has 128 valence electrons. The first kappa shape index (κ1) is 17.1. The number of hydrogen-bond donors (Lipinski definition) is 2. The second-order valence-corrected chi connectivity index (χ2v) is 5.71. The van der Waals surface area contributed by atoms with Gasteiger partial charge in [0.1, 0.15) is 11.5 Å². The van der Waals surface area contributed by atoms with E-state index in [4.69, 9.17) is 16.1 Å². The van der Waals surface area contributed by atoms with Crippen molar-refractivity contribution in [2.75, 3.05) is 0 Å². The minimum Gasteiger partial charge on any atom is -0.378 e. The zero-order valence-electron chi connectivity index (χ0n) is 12.9. The summed E-state index contributed by atoms with van der Waals surface area (Å²) in [5.41, 5.74) is 1.15. The fourth-order valence-electron chi connectivity index (χ4n) is 2.30. The van der Waals surface area contributed by atoms with Crippen LogP contribution in [0.4, 0.5) is 4.39 Å². The van der Waals surface area contributed by atoms with E-state index in [9.17, 15) is 14.3 Å². The number of nitrogens with zero attached hydrogens (tertiary/aromatic N) is 1. The molecule has 3 aromatic rings. The third kappa shape index (κ3) is 3.87. The molecule has 0 saturated heterocycles. The lowest BCUT2D eigenvalue weighted by molar-refractivity contribution is -0.130. The van der Waals surface area contributed by atoms with Crippen LogP contribution in [-0.2, 0) is 11.3 Å². The predicted molar refractivity (Wildman–Crippen MR) is 90.2 cm³/mol. The molecule has 2 N–H and O–H groups in total. The number of carbonyl (C=O) groups excluding carboxylic acids is 1. The van der Waals surface area contributed by atoms with Crippen molar-refractivity contribution in [1.82, 2.24) is 10.5 Å². The Hall–Kier alpha value is -2.70. The molecule has 0 radical (unpaired) electrons. The van der Waals surface area contributed by atoms with Crippen molar-refractivity contribution in [3.63, 3.8) is 0 Å². The smallest absolute Gasteiger partial charge is 0.253 e. The molecular weight excluding hydrogens is 347 g/mol. The molecule has 2 aromatic carbocycles. The van der Waals surface area contributed by atoms with Crippen molar-refractivity contribution >= 4 is 17.5 Å². The Morgan fingerprint density at radius 1 is 1.24 bits per heavy atom. The van der Waals surface area contributed by atoms with Crippen LogP contribution in [0.25, 0.3) is 11.3 Å². The van der Waals surface area contributed by atoms with E-state index in [-0.39, 0.29) is 12.1 Å². The third-order valence-electron chi connectivity index (χ3n) is 3.59. The van der Waals surface area contributed by atoms with Gasteiger partial charge in [0.2, 0.25) is 0 Å². The molecule has 3 rings (SSSR count). The van der Waals surface area contributed by atoms with Gasteiger partial charge in [0.05, 0.1) is 11.6 Å². The average molecular weight is 361 g/mol. The lowest BCUT2D eigenvalue weighted by Gasteiger charge is -2.11. The molecule has 0 aliphatic rings. The van der Waals surface area contributed by atoms with Crippen LogP contribution in [0.15, 0.2) is 59.1 Å². The predicted octanol–water partition coefficient (Wildman–Crippen LogP) is 3.48. The molecule has 0 spiro atoms. The van der Waals surface area contributed by atoms with Crippen LogP contribution in [-0.4, -0.2) is 16.2 Å². The first-order valence-corrected chi connectivity index (χ1v) is 7.85. The Morgan fingerprint density at radius 2 is 1.96 bits per heavy atom. The maximum absolute atomic E-state index is 13.6. The number of carbonyl (C=O) groups is 1. The number of nitrogens with one attached hydrogen (secondary N) is 1. The molecule has 0 saturated carbocycles. The summed E-state index contributed by atoms with van der Waals surface area (Å²) in [6, 6.07) is 14.3. The minimum absolute atomic E-state index is 0.00178. The summed E-state index contributed by atoms with van der Waals surface area (Å²) in [6.45, 7) is 0.00178. The van der Waals surface area contributed by atoms with E-state index in [1.54, 1.807) is 30.3 Å². The monoisotopic (exact) mass is 360 g/mol. The van der Waals surface area contributed by atoms with Crippen molar-refractivity contribution in [1.29, 1.82) is 0 Å². The fourth-order valence-corrected chi connectivity index (χ4v) is 2.53. The Balaban J connectivity index is 1.65. The molecule has 1 aromatic heterocycles. The SMILES string of the molecule is O=C(NCc1cc(-c2ccccc2Cl)no1)[C@@H](O)c1ccccc1F. The van der Waals surface area contributed by atoms with E-state index >= 15 is 0 Å². The number of halogens is 2. The number of rotatable bonds is 5. The van der Waals surface area contributed by atoms with Crippen molar-refractivity contribution in [3.05, 3.63) is 76.8 Å². The maximum atomic E-state index is 13.6. The lowest BCUT2D eigenvalue weighted by atomic mass is 10.1. The molecule has 0 aliphatic carbocycles. The highest BCUT2D eigenvalue weighted by atomic mass is 35.5. The topological polar surface area (TPSA) is 75.4 Å². The number of aromatic nitrogens is 1. The Bertz CT molecular complexity index is 897. The number of amides is 1. The first-order valence-electron chi connectivity index (χ1n) is 7.47. The molecule has 1 amide bonds. The number of aliphatic hydroxyl groups is 1. The van der Waals surface area contributed by atoms with Gasteiger partial charge in [0, 0.05) is 17.2 Å². The lowest BCUT2D eigenvalue weighted by Crippen LogP contribution is -2.29. The van der Waals surface area contributed by atoms with E-state index in [0.29, 0.717) is 22.0 Å². The van der Waals surface area contributed by atoms with Gasteiger partial charge in [-0.2, -0.15) is 0 Å². The maximum Gasteiger partial charge on any atom is 0.253 e. The molecular formula is C18H14ClFN2O3. The van der Waals surface area contributed by atoms with Crippen molar-refractivity contribution < 1.29 is 18.8 Å². The third-order valence-corrected chi connectivity index (χ3v) is 3.92. The molecule has 1 atom stereocenters. The number of hydrogen-bond acceptors (Lipinski definition) is 4. The van der Waals surface area contributed by atoms with Gasteiger partial charge in [-0.1, -0.05) is 53.2 Å². The van der Waals surface area contributed by atoms with Crippen LogP contribution in [0.1, 0.15) is 17.4 Å². The van der Waals surface area contributed by atoms with Crippen molar-refractivity contribution in [3.8, 4) is 11.3 Å². The summed E-state index contributed by atoms with van der Waals surface area (Å²) < 4.78 is 18.8. The van der Waals surface area contributed by atoms with E-state index in [1.807, 2.05) is 6.07 Å². The van der Waals surface area contributed by atoms with E-state index < -0.39 is 17.8 Å². The summed E-state index contributed by atoms with van der Waals surface area (Å²) >= 11 is 6.10. The Labute approximate surface area is 148 Å². The molecule has 7 heteroatoms. The second-order valence-electron chi connectivity index (χ2n) is 5.30. The van der Waals surface area contributed by atoms with Crippen LogP contribution >= 0.6 is 11.6 Å². The molecule has 0 aliphatic heterocycles. The number of aliphatic hydroxyl groups excluding tert-OH is 1. The molecule has 0 bridgehead atoms. The summed E-state index contributed by atoms with van der Waals surface area (Å²) in [7, 11) is 0. The molecule has 1 heterocycles. The fraction of sp³-hybridized carbons (Fsp3) is 0.111. The standard InChI is InChI=1S/C18H14ClFN2O3/c19-14-7-3-1-5-12(14)16-9-11(25-22-16)10-21-18(24)17(23)13-6-2-4-8-15(13)20/h1-9,17,23H,10H2,(H,21,24)/t17-/m0/s1. The highest BCUT2D eigenvalue weighted by molar-refractivity contribution is 6.33. The van der Waals surface area contributed by atoms with E-state index in [0.717, 1.165) is 0 Å². The minimum atomic E-state index is -1.60. The van der Waals surface area contributed by atoms with Crippen molar-refractivity contribution in [2.45, 2.75) is 12.6 Å². The Kier molecular flexibility index (Phi) is 5.11. The first-order chi connectivity index (χ1) is 12.1.